The summed E-state index contributed by atoms with van der Waals surface area (Å²) in [6.45, 7) is 8.23. The summed E-state index contributed by atoms with van der Waals surface area (Å²) in [5, 5.41) is 1.94. The van der Waals surface area contributed by atoms with Gasteiger partial charge < -0.3 is 13.7 Å². The molecule has 1 fully saturated rings. The van der Waals surface area contributed by atoms with Crippen LogP contribution in [0.4, 0.5) is 0 Å². The topological polar surface area (TPSA) is 70.3 Å². The van der Waals surface area contributed by atoms with E-state index < -0.39 is 18.3 Å². The molecule has 4 aromatic carbocycles. The number of fused-ring (bicyclic) bond motifs is 3. The van der Waals surface area contributed by atoms with Gasteiger partial charge in [-0.15, -0.1) is 0 Å². The third-order valence-electron chi connectivity index (χ3n) is 7.99. The Morgan fingerprint density at radius 2 is 1.15 bits per heavy atom. The van der Waals surface area contributed by atoms with Crippen LogP contribution in [0.3, 0.4) is 0 Å². The zero-order chi connectivity index (χ0) is 27.5. The summed E-state index contributed by atoms with van der Waals surface area (Å²) in [6, 6.07) is 32.1. The van der Waals surface area contributed by atoms with Gasteiger partial charge in [-0.25, -0.2) is 15.0 Å². The van der Waals surface area contributed by atoms with Crippen molar-refractivity contribution >= 4 is 34.5 Å². The van der Waals surface area contributed by atoms with Crippen molar-refractivity contribution < 1.29 is 13.7 Å². The van der Waals surface area contributed by atoms with E-state index in [9.17, 15) is 0 Å². The average Bonchev–Trinajstić information content (AvgIpc) is 3.45. The fourth-order valence-corrected chi connectivity index (χ4v) is 5.08. The maximum absolute atomic E-state index is 6.37. The highest BCUT2D eigenvalue weighted by Crippen LogP contribution is 2.39. The highest BCUT2D eigenvalue weighted by molar-refractivity contribution is 6.62. The second kappa shape index (κ2) is 9.12. The molecule has 1 aliphatic heterocycles. The monoisotopic (exact) mass is 525 g/mol. The number of furan rings is 1. The molecule has 0 amide bonds. The van der Waals surface area contributed by atoms with Gasteiger partial charge in [0.15, 0.2) is 17.5 Å². The number of hydrogen-bond donors (Lipinski definition) is 0. The van der Waals surface area contributed by atoms with Gasteiger partial charge in [0.1, 0.15) is 11.2 Å². The predicted molar refractivity (Wildman–Crippen MR) is 159 cm³/mol. The predicted octanol–water partition coefficient (Wildman–Crippen LogP) is 7.07. The summed E-state index contributed by atoms with van der Waals surface area (Å²) in [5.74, 6) is 1.84. The van der Waals surface area contributed by atoms with Gasteiger partial charge >= 0.3 is 7.12 Å². The minimum absolute atomic E-state index is 0.417. The molecular formula is C33H28BN3O3. The first-order valence-corrected chi connectivity index (χ1v) is 13.5. The van der Waals surface area contributed by atoms with Crippen LogP contribution < -0.4 is 5.46 Å². The molecule has 6 aromatic rings. The standard InChI is InChI=1S/C33H28BN3O3/c1-32(2)33(3,4)40-34(39-32)23-18-19-24-27(20-23)38-26-17-11-16-25(28(24)26)31-36-29(21-12-7-5-8-13-21)35-30(37-31)22-14-9-6-10-15-22/h5-20H,1-4H3. The summed E-state index contributed by atoms with van der Waals surface area (Å²) < 4.78 is 18.9. The van der Waals surface area contributed by atoms with E-state index in [0.717, 1.165) is 44.1 Å². The molecule has 2 aromatic heterocycles. The first kappa shape index (κ1) is 24.7. The number of nitrogens with zero attached hydrogens (tertiary/aromatic N) is 3. The molecule has 0 aliphatic carbocycles. The van der Waals surface area contributed by atoms with E-state index in [-0.39, 0.29) is 0 Å². The van der Waals surface area contributed by atoms with E-state index in [0.29, 0.717) is 17.5 Å². The van der Waals surface area contributed by atoms with Crippen LogP contribution in [0.2, 0.25) is 0 Å². The molecule has 7 heteroatoms. The van der Waals surface area contributed by atoms with Crippen molar-refractivity contribution in [2.75, 3.05) is 0 Å². The molecular weight excluding hydrogens is 497 g/mol. The van der Waals surface area contributed by atoms with Crippen LogP contribution in [-0.4, -0.2) is 33.3 Å². The average molecular weight is 525 g/mol. The molecule has 7 rings (SSSR count). The van der Waals surface area contributed by atoms with Crippen LogP contribution in [0.1, 0.15) is 27.7 Å². The summed E-state index contributed by atoms with van der Waals surface area (Å²) in [4.78, 5) is 14.7. The molecule has 6 nitrogen and oxygen atoms in total. The number of aromatic nitrogens is 3. The zero-order valence-electron chi connectivity index (χ0n) is 22.9. The van der Waals surface area contributed by atoms with E-state index in [1.54, 1.807) is 0 Å². The first-order chi connectivity index (χ1) is 19.3. The lowest BCUT2D eigenvalue weighted by Gasteiger charge is -2.32. The van der Waals surface area contributed by atoms with Crippen LogP contribution in [-0.2, 0) is 9.31 Å². The summed E-state index contributed by atoms with van der Waals surface area (Å²) >= 11 is 0. The molecule has 0 atom stereocenters. The van der Waals surface area contributed by atoms with Crippen LogP contribution in [0, 0.1) is 0 Å². The Labute approximate surface area is 233 Å². The first-order valence-electron chi connectivity index (χ1n) is 13.5. The van der Waals surface area contributed by atoms with E-state index >= 15 is 0 Å². The molecule has 0 N–H and O–H groups in total. The summed E-state index contributed by atoms with van der Waals surface area (Å²) in [5.41, 5.74) is 4.36. The largest absolute Gasteiger partial charge is 0.494 e. The third-order valence-corrected chi connectivity index (χ3v) is 7.99. The quantitative estimate of drug-likeness (QED) is 0.229. The van der Waals surface area contributed by atoms with Crippen molar-refractivity contribution in [3.63, 3.8) is 0 Å². The summed E-state index contributed by atoms with van der Waals surface area (Å²) in [7, 11) is -0.465. The van der Waals surface area contributed by atoms with Crippen LogP contribution in [0.5, 0.6) is 0 Å². The number of benzene rings is 4. The zero-order valence-corrected chi connectivity index (χ0v) is 22.9. The van der Waals surface area contributed by atoms with E-state index in [1.165, 1.54) is 0 Å². The van der Waals surface area contributed by atoms with Crippen molar-refractivity contribution in [1.82, 2.24) is 15.0 Å². The van der Waals surface area contributed by atoms with Crippen LogP contribution in [0.25, 0.3) is 56.1 Å². The Hall–Kier alpha value is -4.33. The van der Waals surface area contributed by atoms with Crippen LogP contribution >= 0.6 is 0 Å². The number of hydrogen-bond acceptors (Lipinski definition) is 6. The van der Waals surface area contributed by atoms with E-state index in [4.69, 9.17) is 28.7 Å². The molecule has 3 heterocycles. The van der Waals surface area contributed by atoms with Gasteiger partial charge in [0.05, 0.1) is 11.2 Å². The minimum Gasteiger partial charge on any atom is -0.456 e. The Morgan fingerprint density at radius 1 is 0.575 bits per heavy atom. The van der Waals surface area contributed by atoms with Crippen molar-refractivity contribution in [3.8, 4) is 34.2 Å². The van der Waals surface area contributed by atoms with Crippen molar-refractivity contribution in [1.29, 1.82) is 0 Å². The molecule has 0 bridgehead atoms. The van der Waals surface area contributed by atoms with E-state index in [2.05, 4.69) is 39.8 Å². The maximum Gasteiger partial charge on any atom is 0.494 e. The second-order valence-electron chi connectivity index (χ2n) is 11.2. The molecule has 1 saturated heterocycles. The highest BCUT2D eigenvalue weighted by Gasteiger charge is 2.51. The normalized spacial score (nSPS) is 16.1. The SMILES string of the molecule is CC1(C)OB(c2ccc3c(c2)oc2cccc(-c4nc(-c5ccccc5)nc(-c5ccccc5)n4)c23)OC1(C)C. The fraction of sp³-hybridized carbons (Fsp3) is 0.182. The Morgan fingerprint density at radius 3 is 1.75 bits per heavy atom. The molecule has 0 radical (unpaired) electrons. The van der Waals surface area contributed by atoms with Gasteiger partial charge in [0.25, 0.3) is 0 Å². The molecule has 0 saturated carbocycles. The Kier molecular flexibility index (Phi) is 5.63. The smallest absolute Gasteiger partial charge is 0.456 e. The lowest BCUT2D eigenvalue weighted by molar-refractivity contribution is 0.00578. The van der Waals surface area contributed by atoms with Crippen molar-refractivity contribution in [3.05, 3.63) is 97.1 Å². The molecule has 40 heavy (non-hydrogen) atoms. The lowest BCUT2D eigenvalue weighted by Crippen LogP contribution is -2.41. The van der Waals surface area contributed by atoms with Crippen molar-refractivity contribution in [2.24, 2.45) is 0 Å². The second-order valence-corrected chi connectivity index (χ2v) is 11.2. The number of rotatable bonds is 4. The van der Waals surface area contributed by atoms with Gasteiger partial charge in [0, 0.05) is 27.5 Å². The molecule has 0 unspecified atom stereocenters. The minimum atomic E-state index is -0.465. The van der Waals surface area contributed by atoms with Gasteiger partial charge in [-0.1, -0.05) is 84.9 Å². The van der Waals surface area contributed by atoms with Gasteiger partial charge in [0.2, 0.25) is 0 Å². The molecule has 0 spiro atoms. The van der Waals surface area contributed by atoms with E-state index in [1.807, 2.05) is 84.9 Å². The molecule has 1 aliphatic rings. The lowest BCUT2D eigenvalue weighted by atomic mass is 9.79. The van der Waals surface area contributed by atoms with Crippen LogP contribution in [0.15, 0.2) is 101 Å². The Balaban J connectivity index is 1.39. The maximum atomic E-state index is 6.37. The third kappa shape index (κ3) is 4.10. The van der Waals surface area contributed by atoms with Gasteiger partial charge in [-0.2, -0.15) is 0 Å². The Bertz CT molecular complexity index is 1790. The fourth-order valence-electron chi connectivity index (χ4n) is 5.08. The molecule has 196 valence electrons. The van der Waals surface area contributed by atoms with Gasteiger partial charge in [-0.3, -0.25) is 0 Å². The highest BCUT2D eigenvalue weighted by atomic mass is 16.7. The summed E-state index contributed by atoms with van der Waals surface area (Å²) in [6.07, 6.45) is 0. The van der Waals surface area contributed by atoms with Crippen molar-refractivity contribution in [2.45, 2.75) is 38.9 Å². The van der Waals surface area contributed by atoms with Gasteiger partial charge in [-0.05, 0) is 45.3 Å².